The second kappa shape index (κ2) is 25.9. The molecule has 0 atom stereocenters. The number of ether oxygens (including phenoxy) is 3. The van der Waals surface area contributed by atoms with E-state index in [-0.39, 0.29) is 39.0 Å². The van der Waals surface area contributed by atoms with Crippen molar-refractivity contribution >= 4 is 35.8 Å². The minimum Gasteiger partial charge on any atom is -0.480 e. The molecule has 17 heteroatoms. The van der Waals surface area contributed by atoms with Crippen LogP contribution < -0.4 is 0 Å². The van der Waals surface area contributed by atoms with Crippen LogP contribution >= 0.6 is 0 Å². The van der Waals surface area contributed by atoms with E-state index in [1.807, 2.05) is 0 Å². The molecule has 0 saturated carbocycles. The van der Waals surface area contributed by atoms with Gasteiger partial charge in [-0.2, -0.15) is 0 Å². The zero-order chi connectivity index (χ0) is 21.8. The Morgan fingerprint density at radius 1 is 0.379 bits per heavy atom. The Morgan fingerprint density at radius 2 is 0.483 bits per heavy atom. The van der Waals surface area contributed by atoms with Gasteiger partial charge in [-0.3, -0.25) is 0 Å². The van der Waals surface area contributed by atoms with Crippen LogP contribution in [0.1, 0.15) is 0 Å². The Hall–Kier alpha value is -2.05. The Bertz CT molecular complexity index is 394. The number of carboxylic acid groups (broad SMARTS) is 6. The van der Waals surface area contributed by atoms with Crippen LogP contribution in [0.5, 0.6) is 0 Å². The molecule has 0 radical (unpaired) electrons. The Labute approximate surface area is 188 Å². The van der Waals surface area contributed by atoms with Gasteiger partial charge in [0.2, 0.25) is 0 Å². The molecule has 0 unspecified atom stereocenters. The Kier molecular flexibility index (Phi) is 33.7. The van der Waals surface area contributed by atoms with Crippen molar-refractivity contribution in [3.8, 4) is 0 Å². The van der Waals surface area contributed by atoms with E-state index in [9.17, 15) is 28.8 Å². The van der Waals surface area contributed by atoms with Gasteiger partial charge in [0, 0.05) is 39.0 Å². The molecule has 0 saturated heterocycles. The average molecular weight is 604 g/mol. The third kappa shape index (κ3) is 58.5. The van der Waals surface area contributed by atoms with Crippen LogP contribution in [0.4, 0.5) is 0 Å². The van der Waals surface area contributed by atoms with Crippen molar-refractivity contribution in [3.63, 3.8) is 0 Å². The molecule has 0 spiro atoms. The van der Waals surface area contributed by atoms with Crippen LogP contribution in [0.25, 0.3) is 0 Å². The van der Waals surface area contributed by atoms with E-state index in [0.717, 1.165) is 0 Å². The van der Waals surface area contributed by atoms with Crippen molar-refractivity contribution in [1.29, 1.82) is 0 Å². The number of hydrogen-bond donors (Lipinski definition) is 6. The first kappa shape index (κ1) is 37.7. The van der Waals surface area contributed by atoms with E-state index in [4.69, 9.17) is 30.6 Å². The van der Waals surface area contributed by atoms with Crippen LogP contribution in [0.15, 0.2) is 0 Å². The van der Waals surface area contributed by atoms with Gasteiger partial charge in [-0.05, 0) is 0 Å². The number of carboxylic acids is 6. The molecule has 0 amide bonds. The molecule has 0 aromatic heterocycles. The van der Waals surface area contributed by atoms with Crippen LogP contribution in [-0.2, 0) is 81.9 Å². The third-order valence-corrected chi connectivity index (χ3v) is 1.35. The third-order valence-electron chi connectivity index (χ3n) is 1.35. The van der Waals surface area contributed by atoms with Crippen molar-refractivity contribution in [1.82, 2.24) is 0 Å². The van der Waals surface area contributed by atoms with Gasteiger partial charge >= 0.3 is 35.8 Å². The van der Waals surface area contributed by atoms with E-state index >= 15 is 0 Å². The molecule has 0 fully saturated rings. The van der Waals surface area contributed by atoms with Gasteiger partial charge in [0.05, 0.1) is 0 Å². The molecule has 172 valence electrons. The van der Waals surface area contributed by atoms with Crippen molar-refractivity contribution in [2.75, 3.05) is 39.6 Å². The maximum atomic E-state index is 9.66. The minimum atomic E-state index is -1.17. The summed E-state index contributed by atoms with van der Waals surface area (Å²) in [6.45, 7) is -3.38. The van der Waals surface area contributed by atoms with E-state index in [0.29, 0.717) is 0 Å². The summed E-state index contributed by atoms with van der Waals surface area (Å²) < 4.78 is 12.5. The van der Waals surface area contributed by atoms with Gasteiger partial charge in [0.25, 0.3) is 0 Å². The number of carbonyl (C=O) groups is 6. The molecule has 29 heavy (non-hydrogen) atoms. The number of aliphatic carboxylic acids is 6. The summed E-state index contributed by atoms with van der Waals surface area (Å²) >= 11 is 0. The van der Waals surface area contributed by atoms with Gasteiger partial charge < -0.3 is 44.8 Å². The molecule has 0 aliphatic carbocycles. The molecule has 0 rings (SSSR count). The largest absolute Gasteiger partial charge is 0.480 e. The number of hydrogen-bond acceptors (Lipinski definition) is 9. The smallest absolute Gasteiger partial charge is 0.329 e. The van der Waals surface area contributed by atoms with E-state index < -0.39 is 75.5 Å². The fourth-order valence-corrected chi connectivity index (χ4v) is 0.677. The molecular weight excluding hydrogens is 586 g/mol. The topological polar surface area (TPSA) is 251 Å². The standard InChI is InChI=1S/3C4H6O5.2Ru/c3*5-3(6)1-9-2-4(7)8;;/h3*1-2H2,(H,5,6)(H,7,8);;. The van der Waals surface area contributed by atoms with Gasteiger partial charge in [-0.15, -0.1) is 0 Å². The van der Waals surface area contributed by atoms with E-state index in [2.05, 4.69) is 14.2 Å². The second-order valence-corrected chi connectivity index (χ2v) is 3.84. The zero-order valence-corrected chi connectivity index (χ0v) is 17.8. The van der Waals surface area contributed by atoms with Gasteiger partial charge in [-0.1, -0.05) is 0 Å². The maximum absolute atomic E-state index is 9.66. The molecule has 0 bridgehead atoms. The predicted molar refractivity (Wildman–Crippen MR) is 78.3 cm³/mol. The van der Waals surface area contributed by atoms with Crippen LogP contribution in [-0.4, -0.2) is 106 Å². The first-order valence-electron chi connectivity index (χ1n) is 6.42. The quantitative estimate of drug-likeness (QED) is 0.126. The Balaban J connectivity index is -0.0000000960. The van der Waals surface area contributed by atoms with Gasteiger partial charge in [0.1, 0.15) is 39.6 Å². The van der Waals surface area contributed by atoms with Crippen LogP contribution in [0.2, 0.25) is 0 Å². The zero-order valence-electron chi connectivity index (χ0n) is 14.3. The molecule has 6 N–H and O–H groups in total. The summed E-state index contributed by atoms with van der Waals surface area (Å²) in [7, 11) is 0. The molecule has 0 aromatic rings. The second-order valence-electron chi connectivity index (χ2n) is 3.84. The van der Waals surface area contributed by atoms with Crippen LogP contribution in [0, 0.1) is 0 Å². The first-order valence-corrected chi connectivity index (χ1v) is 6.42. The molecule has 0 aliphatic heterocycles. The summed E-state index contributed by atoms with van der Waals surface area (Å²) in [4.78, 5) is 58.0. The molecule has 0 aliphatic rings. The first-order chi connectivity index (χ1) is 12.4. The summed E-state index contributed by atoms with van der Waals surface area (Å²) in [5.41, 5.74) is 0. The van der Waals surface area contributed by atoms with E-state index in [1.165, 1.54) is 0 Å². The minimum absolute atomic E-state index is 0. The normalized spacial score (nSPS) is 8.28. The van der Waals surface area contributed by atoms with Crippen molar-refractivity contribution in [2.24, 2.45) is 0 Å². The van der Waals surface area contributed by atoms with Crippen molar-refractivity contribution in [2.45, 2.75) is 0 Å². The molecule has 0 heterocycles. The summed E-state index contributed by atoms with van der Waals surface area (Å²) in [6.07, 6.45) is 0. The number of rotatable bonds is 12. The molecule has 0 aromatic carbocycles. The van der Waals surface area contributed by atoms with Gasteiger partial charge in [-0.25, -0.2) is 28.8 Å². The molecule has 15 nitrogen and oxygen atoms in total. The van der Waals surface area contributed by atoms with E-state index in [1.54, 1.807) is 0 Å². The SMILES string of the molecule is O=C(O)COCC(=O)O.O=C(O)COCC(=O)O.O=C(O)COCC(=O)O.[Ru].[Ru]. The maximum Gasteiger partial charge on any atom is 0.329 e. The van der Waals surface area contributed by atoms with Gasteiger partial charge in [0.15, 0.2) is 0 Å². The van der Waals surface area contributed by atoms with Crippen molar-refractivity contribution < 1.29 is 113 Å². The predicted octanol–water partition coefficient (Wildman–Crippen LogP) is -2.49. The Morgan fingerprint density at radius 3 is 0.552 bits per heavy atom. The van der Waals surface area contributed by atoms with Crippen molar-refractivity contribution in [3.05, 3.63) is 0 Å². The fraction of sp³-hybridized carbons (Fsp3) is 0.500. The molecular formula is C12H18O15Ru2. The summed E-state index contributed by atoms with van der Waals surface area (Å²) in [6, 6.07) is 0. The summed E-state index contributed by atoms with van der Waals surface area (Å²) in [5.74, 6) is -7.02. The monoisotopic (exact) mass is 606 g/mol. The fourth-order valence-electron chi connectivity index (χ4n) is 0.677. The average Bonchev–Trinajstić information content (AvgIpc) is 2.46. The van der Waals surface area contributed by atoms with Crippen LogP contribution in [0.3, 0.4) is 0 Å². The summed E-state index contributed by atoms with van der Waals surface area (Å²) in [5, 5.41) is 47.5.